The third-order valence-electron chi connectivity index (χ3n) is 3.67. The SMILES string of the molecule is Nc1ccc(Nc2ncc(C3CCCC3)cn2)cc1. The lowest BCUT2D eigenvalue weighted by Crippen LogP contribution is -2.00. The Bertz CT molecular complexity index is 527. The summed E-state index contributed by atoms with van der Waals surface area (Å²) < 4.78 is 0. The lowest BCUT2D eigenvalue weighted by atomic mass is 10.0. The molecule has 1 saturated carbocycles. The molecule has 4 heteroatoms. The third-order valence-corrected chi connectivity index (χ3v) is 3.67. The van der Waals surface area contributed by atoms with Crippen molar-refractivity contribution in [2.24, 2.45) is 0 Å². The van der Waals surface area contributed by atoms with Gasteiger partial charge in [-0.05, 0) is 48.6 Å². The number of hydrogen-bond acceptors (Lipinski definition) is 4. The van der Waals surface area contributed by atoms with E-state index >= 15 is 0 Å². The minimum atomic E-state index is 0.631. The molecule has 98 valence electrons. The molecular weight excluding hydrogens is 236 g/mol. The van der Waals surface area contributed by atoms with Crippen molar-refractivity contribution in [3.8, 4) is 0 Å². The van der Waals surface area contributed by atoms with Gasteiger partial charge in [0.2, 0.25) is 5.95 Å². The molecule has 0 saturated heterocycles. The van der Waals surface area contributed by atoms with Gasteiger partial charge in [0.1, 0.15) is 0 Å². The highest BCUT2D eigenvalue weighted by molar-refractivity contribution is 5.56. The van der Waals surface area contributed by atoms with Crippen LogP contribution in [0, 0.1) is 0 Å². The minimum absolute atomic E-state index is 0.631. The van der Waals surface area contributed by atoms with E-state index in [-0.39, 0.29) is 0 Å². The Hall–Kier alpha value is -2.10. The average Bonchev–Trinajstić information content (AvgIpc) is 2.96. The number of nitrogen functional groups attached to an aromatic ring is 1. The summed E-state index contributed by atoms with van der Waals surface area (Å²) in [6, 6.07) is 7.55. The van der Waals surface area contributed by atoms with Gasteiger partial charge < -0.3 is 11.1 Å². The van der Waals surface area contributed by atoms with Crippen molar-refractivity contribution in [2.45, 2.75) is 31.6 Å². The molecule has 0 radical (unpaired) electrons. The highest BCUT2D eigenvalue weighted by atomic mass is 15.1. The molecule has 1 aromatic carbocycles. The predicted molar refractivity (Wildman–Crippen MR) is 77.4 cm³/mol. The van der Waals surface area contributed by atoms with Crippen LogP contribution in [0.4, 0.5) is 17.3 Å². The Balaban J connectivity index is 1.70. The Kier molecular flexibility index (Phi) is 3.31. The van der Waals surface area contributed by atoms with Crippen molar-refractivity contribution in [3.63, 3.8) is 0 Å². The molecule has 1 fully saturated rings. The number of benzene rings is 1. The largest absolute Gasteiger partial charge is 0.399 e. The van der Waals surface area contributed by atoms with Crippen LogP contribution in [0.5, 0.6) is 0 Å². The Morgan fingerprint density at radius 3 is 2.26 bits per heavy atom. The summed E-state index contributed by atoms with van der Waals surface area (Å²) in [5, 5.41) is 3.17. The predicted octanol–water partition coefficient (Wildman–Crippen LogP) is 3.46. The Labute approximate surface area is 113 Å². The van der Waals surface area contributed by atoms with E-state index in [1.807, 2.05) is 36.7 Å². The van der Waals surface area contributed by atoms with E-state index in [2.05, 4.69) is 15.3 Å². The summed E-state index contributed by atoms with van der Waals surface area (Å²) in [6.45, 7) is 0. The van der Waals surface area contributed by atoms with Gasteiger partial charge in [0, 0.05) is 23.8 Å². The van der Waals surface area contributed by atoms with Gasteiger partial charge in [-0.1, -0.05) is 12.8 Å². The van der Waals surface area contributed by atoms with Crippen molar-refractivity contribution in [1.82, 2.24) is 9.97 Å². The summed E-state index contributed by atoms with van der Waals surface area (Å²) in [5.74, 6) is 1.29. The molecule has 1 heterocycles. The maximum absolute atomic E-state index is 5.65. The van der Waals surface area contributed by atoms with Crippen molar-refractivity contribution < 1.29 is 0 Å². The van der Waals surface area contributed by atoms with E-state index in [1.54, 1.807) is 0 Å². The van der Waals surface area contributed by atoms with Crippen LogP contribution >= 0.6 is 0 Å². The highest BCUT2D eigenvalue weighted by Gasteiger charge is 2.17. The van der Waals surface area contributed by atoms with Crippen LogP contribution in [0.3, 0.4) is 0 Å². The molecule has 4 nitrogen and oxygen atoms in total. The van der Waals surface area contributed by atoms with Crippen LogP contribution in [-0.4, -0.2) is 9.97 Å². The first-order valence-corrected chi connectivity index (χ1v) is 6.76. The lowest BCUT2D eigenvalue weighted by Gasteiger charge is -2.09. The Morgan fingerprint density at radius 1 is 1.00 bits per heavy atom. The molecule has 19 heavy (non-hydrogen) atoms. The van der Waals surface area contributed by atoms with Crippen LogP contribution in [0.25, 0.3) is 0 Å². The van der Waals surface area contributed by atoms with Gasteiger partial charge in [0.15, 0.2) is 0 Å². The molecule has 1 aliphatic rings. The van der Waals surface area contributed by atoms with Crippen LogP contribution in [0.1, 0.15) is 37.2 Å². The first kappa shape index (κ1) is 12.0. The van der Waals surface area contributed by atoms with Crippen molar-refractivity contribution in [2.75, 3.05) is 11.1 Å². The van der Waals surface area contributed by atoms with Crippen molar-refractivity contribution >= 4 is 17.3 Å². The second-order valence-corrected chi connectivity index (χ2v) is 5.07. The fourth-order valence-electron chi connectivity index (χ4n) is 2.57. The fourth-order valence-corrected chi connectivity index (χ4v) is 2.57. The fraction of sp³-hybridized carbons (Fsp3) is 0.333. The second kappa shape index (κ2) is 5.26. The maximum Gasteiger partial charge on any atom is 0.227 e. The van der Waals surface area contributed by atoms with Crippen LogP contribution in [0.15, 0.2) is 36.7 Å². The van der Waals surface area contributed by atoms with Gasteiger partial charge in [0.25, 0.3) is 0 Å². The smallest absolute Gasteiger partial charge is 0.227 e. The molecule has 1 aliphatic carbocycles. The zero-order valence-electron chi connectivity index (χ0n) is 10.8. The molecule has 1 aromatic heterocycles. The summed E-state index contributed by atoms with van der Waals surface area (Å²) in [4.78, 5) is 8.78. The van der Waals surface area contributed by atoms with Gasteiger partial charge in [-0.3, -0.25) is 0 Å². The number of nitrogens with two attached hydrogens (primary N) is 1. The quantitative estimate of drug-likeness (QED) is 0.823. The summed E-state index contributed by atoms with van der Waals surface area (Å²) in [6.07, 6.45) is 9.10. The molecule has 3 N–H and O–H groups in total. The van der Waals surface area contributed by atoms with Crippen LogP contribution in [0.2, 0.25) is 0 Å². The van der Waals surface area contributed by atoms with Crippen LogP contribution < -0.4 is 11.1 Å². The summed E-state index contributed by atoms with van der Waals surface area (Å²) >= 11 is 0. The van der Waals surface area contributed by atoms with Gasteiger partial charge in [-0.25, -0.2) is 9.97 Å². The number of aromatic nitrogens is 2. The van der Waals surface area contributed by atoms with Crippen LogP contribution in [-0.2, 0) is 0 Å². The van der Waals surface area contributed by atoms with E-state index in [9.17, 15) is 0 Å². The molecule has 0 amide bonds. The molecule has 0 spiro atoms. The zero-order valence-corrected chi connectivity index (χ0v) is 10.8. The average molecular weight is 254 g/mol. The van der Waals surface area contributed by atoms with E-state index in [0.29, 0.717) is 11.9 Å². The van der Waals surface area contributed by atoms with Crippen molar-refractivity contribution in [3.05, 3.63) is 42.2 Å². The van der Waals surface area contributed by atoms with E-state index in [0.717, 1.165) is 11.4 Å². The van der Waals surface area contributed by atoms with Gasteiger partial charge in [-0.15, -0.1) is 0 Å². The van der Waals surface area contributed by atoms with Gasteiger partial charge in [0.05, 0.1) is 0 Å². The molecule has 0 aliphatic heterocycles. The highest BCUT2D eigenvalue weighted by Crippen LogP contribution is 2.33. The molecule has 0 bridgehead atoms. The number of nitrogens with zero attached hydrogens (tertiary/aromatic N) is 2. The summed E-state index contributed by atoms with van der Waals surface area (Å²) in [7, 11) is 0. The monoisotopic (exact) mass is 254 g/mol. The molecule has 2 aromatic rings. The standard InChI is InChI=1S/C15H18N4/c16-13-5-7-14(8-6-13)19-15-17-9-12(10-18-15)11-3-1-2-4-11/h5-11H,1-4,16H2,(H,17,18,19). The molecule has 0 unspecified atom stereocenters. The van der Waals surface area contributed by atoms with E-state index in [1.165, 1.54) is 31.2 Å². The number of rotatable bonds is 3. The topological polar surface area (TPSA) is 63.8 Å². The number of nitrogens with one attached hydrogen (secondary N) is 1. The first-order valence-electron chi connectivity index (χ1n) is 6.76. The van der Waals surface area contributed by atoms with E-state index < -0.39 is 0 Å². The second-order valence-electron chi connectivity index (χ2n) is 5.07. The van der Waals surface area contributed by atoms with Gasteiger partial charge >= 0.3 is 0 Å². The van der Waals surface area contributed by atoms with Crippen molar-refractivity contribution in [1.29, 1.82) is 0 Å². The number of anilines is 3. The normalized spacial score (nSPS) is 15.6. The Morgan fingerprint density at radius 2 is 1.63 bits per heavy atom. The first-order chi connectivity index (χ1) is 9.31. The maximum atomic E-state index is 5.65. The van der Waals surface area contributed by atoms with E-state index in [4.69, 9.17) is 5.73 Å². The molecular formula is C15H18N4. The lowest BCUT2D eigenvalue weighted by molar-refractivity contribution is 0.714. The number of hydrogen-bond donors (Lipinski definition) is 2. The molecule has 3 rings (SSSR count). The van der Waals surface area contributed by atoms with Gasteiger partial charge in [-0.2, -0.15) is 0 Å². The summed E-state index contributed by atoms with van der Waals surface area (Å²) in [5.41, 5.74) is 8.61. The minimum Gasteiger partial charge on any atom is -0.399 e. The zero-order chi connectivity index (χ0) is 13.1. The molecule has 0 atom stereocenters. The third kappa shape index (κ3) is 2.84.